The second-order valence-electron chi connectivity index (χ2n) is 3.58. The molecule has 0 radical (unpaired) electrons. The molecule has 1 aliphatic carbocycles. The molecule has 0 heterocycles. The van der Waals surface area contributed by atoms with E-state index in [-0.39, 0.29) is 5.91 Å². The van der Waals surface area contributed by atoms with Crippen molar-refractivity contribution in [2.45, 2.75) is 17.6 Å². The van der Waals surface area contributed by atoms with Gasteiger partial charge in [0.2, 0.25) is 5.91 Å². The molecule has 14 heavy (non-hydrogen) atoms. The molecule has 3 nitrogen and oxygen atoms in total. The highest BCUT2D eigenvalue weighted by atomic mass is 32.2. The fourth-order valence-electron chi connectivity index (χ4n) is 1.20. The highest BCUT2D eigenvalue weighted by molar-refractivity contribution is 8.00. The van der Waals surface area contributed by atoms with Crippen molar-refractivity contribution in [3.63, 3.8) is 0 Å². The van der Waals surface area contributed by atoms with E-state index >= 15 is 0 Å². The summed E-state index contributed by atoms with van der Waals surface area (Å²) < 4.78 is 0.355. The monoisotopic (exact) mass is 214 g/mol. The van der Waals surface area contributed by atoms with E-state index in [9.17, 15) is 4.79 Å². The average Bonchev–Trinajstić information content (AvgIpc) is 2.96. The third-order valence-corrected chi connectivity index (χ3v) is 3.84. The van der Waals surface area contributed by atoms with E-state index in [2.05, 4.69) is 23.5 Å². The Morgan fingerprint density at radius 1 is 1.64 bits per heavy atom. The van der Waals surface area contributed by atoms with Gasteiger partial charge in [0.05, 0.1) is 6.54 Å². The van der Waals surface area contributed by atoms with Gasteiger partial charge in [-0.3, -0.25) is 4.79 Å². The average molecular weight is 214 g/mol. The second-order valence-corrected chi connectivity index (χ2v) is 4.86. The Morgan fingerprint density at radius 2 is 2.36 bits per heavy atom. The predicted octanol–water partition coefficient (Wildman–Crippen LogP) is 0.774. The highest BCUT2D eigenvalue weighted by Gasteiger charge is 2.41. The molecule has 4 heteroatoms. The molecule has 1 saturated carbocycles. The van der Waals surface area contributed by atoms with Crippen LogP contribution in [0.2, 0.25) is 0 Å². The Morgan fingerprint density at radius 3 is 2.86 bits per heavy atom. The zero-order valence-corrected chi connectivity index (χ0v) is 9.45. The van der Waals surface area contributed by atoms with Crippen LogP contribution in [0.15, 0.2) is 12.7 Å². The Labute approximate surface area is 89.7 Å². The number of rotatable bonds is 7. The molecule has 0 spiro atoms. The Hall–Kier alpha value is -0.480. The zero-order valence-electron chi connectivity index (χ0n) is 8.64. The van der Waals surface area contributed by atoms with Gasteiger partial charge in [-0.05, 0) is 19.1 Å². The third kappa shape index (κ3) is 3.72. The van der Waals surface area contributed by atoms with Crippen LogP contribution in [0, 0.1) is 0 Å². The van der Waals surface area contributed by atoms with Crippen molar-refractivity contribution in [1.29, 1.82) is 0 Å². The minimum Gasteiger partial charge on any atom is -0.354 e. The van der Waals surface area contributed by atoms with Crippen molar-refractivity contribution in [2.24, 2.45) is 0 Å². The van der Waals surface area contributed by atoms with Crippen molar-refractivity contribution < 1.29 is 4.79 Å². The molecule has 1 fully saturated rings. The van der Waals surface area contributed by atoms with Gasteiger partial charge in [0.1, 0.15) is 0 Å². The lowest BCUT2D eigenvalue weighted by Crippen LogP contribution is -2.38. The zero-order chi connectivity index (χ0) is 10.4. The van der Waals surface area contributed by atoms with Crippen LogP contribution in [0.25, 0.3) is 0 Å². The number of nitrogens with one attached hydrogen (secondary N) is 2. The number of thioether (sulfide) groups is 1. The number of amides is 1. The van der Waals surface area contributed by atoms with E-state index in [1.165, 1.54) is 12.8 Å². The molecule has 0 saturated heterocycles. The standard InChI is InChI=1S/C10H18N2OS/c1-3-6-11-7-9(13)12-8-10(14-2)4-5-10/h3,11H,1,4-8H2,2H3,(H,12,13). The summed E-state index contributed by atoms with van der Waals surface area (Å²) in [6.07, 6.45) is 6.32. The van der Waals surface area contributed by atoms with E-state index in [0.717, 1.165) is 6.54 Å². The molecule has 1 rings (SSSR count). The Bertz CT molecular complexity index is 214. The van der Waals surface area contributed by atoms with Gasteiger partial charge in [0.25, 0.3) is 0 Å². The van der Waals surface area contributed by atoms with Crippen molar-refractivity contribution in [2.75, 3.05) is 25.9 Å². The van der Waals surface area contributed by atoms with Crippen LogP contribution in [0.1, 0.15) is 12.8 Å². The molecule has 0 aromatic rings. The Balaban J connectivity index is 2.06. The van der Waals surface area contributed by atoms with E-state index in [1.807, 2.05) is 11.8 Å². The molecule has 0 unspecified atom stereocenters. The topological polar surface area (TPSA) is 41.1 Å². The van der Waals surface area contributed by atoms with Crippen LogP contribution < -0.4 is 10.6 Å². The third-order valence-electron chi connectivity index (χ3n) is 2.42. The molecule has 1 aliphatic rings. The molecule has 0 atom stereocenters. The lowest BCUT2D eigenvalue weighted by atomic mass is 10.4. The number of hydrogen-bond acceptors (Lipinski definition) is 3. The molecular weight excluding hydrogens is 196 g/mol. The molecule has 0 aromatic heterocycles. The number of carbonyl (C=O) groups is 1. The minimum absolute atomic E-state index is 0.0761. The van der Waals surface area contributed by atoms with Gasteiger partial charge < -0.3 is 10.6 Å². The summed E-state index contributed by atoms with van der Waals surface area (Å²) in [5, 5.41) is 5.91. The first-order valence-electron chi connectivity index (χ1n) is 4.86. The van der Waals surface area contributed by atoms with Gasteiger partial charge in [0, 0.05) is 17.8 Å². The van der Waals surface area contributed by atoms with Crippen LogP contribution in [0.5, 0.6) is 0 Å². The molecule has 0 aromatic carbocycles. The quantitative estimate of drug-likeness (QED) is 0.486. The van der Waals surface area contributed by atoms with Gasteiger partial charge in [-0.1, -0.05) is 6.08 Å². The largest absolute Gasteiger partial charge is 0.354 e. The fourth-order valence-corrected chi connectivity index (χ4v) is 1.93. The van der Waals surface area contributed by atoms with Crippen molar-refractivity contribution in [1.82, 2.24) is 10.6 Å². The van der Waals surface area contributed by atoms with E-state index < -0.39 is 0 Å². The van der Waals surface area contributed by atoms with Crippen molar-refractivity contribution in [3.8, 4) is 0 Å². The molecular formula is C10H18N2OS. The van der Waals surface area contributed by atoms with Crippen LogP contribution in [-0.4, -0.2) is 36.5 Å². The van der Waals surface area contributed by atoms with Gasteiger partial charge in [-0.25, -0.2) is 0 Å². The fraction of sp³-hybridized carbons (Fsp3) is 0.700. The smallest absolute Gasteiger partial charge is 0.234 e. The molecule has 2 N–H and O–H groups in total. The van der Waals surface area contributed by atoms with Crippen LogP contribution >= 0.6 is 11.8 Å². The summed E-state index contributed by atoms with van der Waals surface area (Å²) in [5.74, 6) is 0.0761. The van der Waals surface area contributed by atoms with Gasteiger partial charge in [0.15, 0.2) is 0 Å². The summed E-state index contributed by atoms with van der Waals surface area (Å²) in [6, 6.07) is 0. The van der Waals surface area contributed by atoms with E-state index in [4.69, 9.17) is 0 Å². The predicted molar refractivity (Wildman–Crippen MR) is 61.6 cm³/mol. The maximum absolute atomic E-state index is 11.3. The normalized spacial score (nSPS) is 17.5. The van der Waals surface area contributed by atoms with E-state index in [0.29, 0.717) is 17.8 Å². The molecule has 0 aliphatic heterocycles. The summed E-state index contributed by atoms with van der Waals surface area (Å²) in [7, 11) is 0. The minimum atomic E-state index is 0.0761. The SMILES string of the molecule is C=CCNCC(=O)NCC1(SC)CC1. The van der Waals surface area contributed by atoms with E-state index in [1.54, 1.807) is 6.08 Å². The summed E-state index contributed by atoms with van der Waals surface area (Å²) in [5.41, 5.74) is 0. The first-order chi connectivity index (χ1) is 6.72. The van der Waals surface area contributed by atoms with Crippen LogP contribution in [-0.2, 0) is 4.79 Å². The van der Waals surface area contributed by atoms with Crippen molar-refractivity contribution >= 4 is 17.7 Å². The van der Waals surface area contributed by atoms with Crippen LogP contribution in [0.3, 0.4) is 0 Å². The van der Waals surface area contributed by atoms with Gasteiger partial charge >= 0.3 is 0 Å². The summed E-state index contributed by atoms with van der Waals surface area (Å²) in [4.78, 5) is 11.3. The first kappa shape index (κ1) is 11.6. The maximum Gasteiger partial charge on any atom is 0.234 e. The second kappa shape index (κ2) is 5.41. The number of hydrogen-bond donors (Lipinski definition) is 2. The van der Waals surface area contributed by atoms with Crippen molar-refractivity contribution in [3.05, 3.63) is 12.7 Å². The van der Waals surface area contributed by atoms with Gasteiger partial charge in [-0.2, -0.15) is 11.8 Å². The summed E-state index contributed by atoms with van der Waals surface area (Å²) >= 11 is 1.86. The summed E-state index contributed by atoms with van der Waals surface area (Å²) in [6.45, 7) is 5.44. The molecule has 0 bridgehead atoms. The molecule has 80 valence electrons. The Kier molecular flexibility index (Phi) is 4.48. The highest BCUT2D eigenvalue weighted by Crippen LogP contribution is 2.46. The van der Waals surface area contributed by atoms with Crippen LogP contribution in [0.4, 0.5) is 0 Å². The van der Waals surface area contributed by atoms with Gasteiger partial charge in [-0.15, -0.1) is 6.58 Å². The maximum atomic E-state index is 11.3. The lowest BCUT2D eigenvalue weighted by Gasteiger charge is -2.12. The first-order valence-corrected chi connectivity index (χ1v) is 6.08. The number of carbonyl (C=O) groups excluding carboxylic acids is 1. The lowest BCUT2D eigenvalue weighted by molar-refractivity contribution is -0.120. The molecule has 1 amide bonds.